The maximum Gasteiger partial charge on any atom is 0.215 e. The van der Waals surface area contributed by atoms with Gasteiger partial charge in [-0.05, 0) is 14.0 Å². The summed E-state index contributed by atoms with van der Waals surface area (Å²) in [7, 11) is -0.0455. The van der Waals surface area contributed by atoms with Gasteiger partial charge >= 0.3 is 0 Å². The summed E-state index contributed by atoms with van der Waals surface area (Å²) in [5.74, 6) is 0.0599. The molecule has 0 bridgehead atoms. The van der Waals surface area contributed by atoms with Gasteiger partial charge in [-0.15, -0.1) is 0 Å². The smallest absolute Gasteiger partial charge is 0.215 e. The normalized spacial score (nSPS) is 14.8. The standard InChI is InChI=1S/C7H18N2O3S/c1-7(6-10)9(3)13(11,12)5-4-8-2/h7-8,10H,4-6H2,1-3H3. The van der Waals surface area contributed by atoms with Gasteiger partial charge in [0.05, 0.1) is 12.4 Å². The highest BCUT2D eigenvalue weighted by Gasteiger charge is 2.21. The molecule has 80 valence electrons. The summed E-state index contributed by atoms with van der Waals surface area (Å²) in [5.41, 5.74) is 0. The lowest BCUT2D eigenvalue weighted by Gasteiger charge is -2.22. The van der Waals surface area contributed by atoms with E-state index in [0.717, 1.165) is 0 Å². The zero-order valence-electron chi connectivity index (χ0n) is 8.32. The minimum atomic E-state index is -3.22. The van der Waals surface area contributed by atoms with E-state index in [0.29, 0.717) is 6.54 Å². The van der Waals surface area contributed by atoms with E-state index in [1.54, 1.807) is 14.0 Å². The Morgan fingerprint density at radius 2 is 2.08 bits per heavy atom. The average molecular weight is 210 g/mol. The second kappa shape index (κ2) is 5.54. The first-order chi connectivity index (χ1) is 5.95. The Morgan fingerprint density at radius 1 is 1.54 bits per heavy atom. The average Bonchev–Trinajstić information content (AvgIpc) is 2.12. The Labute approximate surface area is 79.8 Å². The predicted molar refractivity (Wildman–Crippen MR) is 52.0 cm³/mol. The van der Waals surface area contributed by atoms with Crippen LogP contribution in [-0.2, 0) is 10.0 Å². The fraction of sp³-hybridized carbons (Fsp3) is 1.00. The molecular formula is C7H18N2O3S. The molecule has 0 aromatic heterocycles. The van der Waals surface area contributed by atoms with Crippen molar-refractivity contribution in [1.29, 1.82) is 0 Å². The first kappa shape index (κ1) is 12.8. The van der Waals surface area contributed by atoms with Crippen LogP contribution in [0.15, 0.2) is 0 Å². The van der Waals surface area contributed by atoms with E-state index >= 15 is 0 Å². The van der Waals surface area contributed by atoms with Gasteiger partial charge in [0.15, 0.2) is 0 Å². The Morgan fingerprint density at radius 3 is 2.46 bits per heavy atom. The summed E-state index contributed by atoms with van der Waals surface area (Å²) in [6, 6.07) is -0.359. The summed E-state index contributed by atoms with van der Waals surface area (Å²) in [5, 5.41) is 11.5. The van der Waals surface area contributed by atoms with Gasteiger partial charge in [0.25, 0.3) is 0 Å². The second-order valence-electron chi connectivity index (χ2n) is 2.97. The van der Waals surface area contributed by atoms with Crippen molar-refractivity contribution in [3.63, 3.8) is 0 Å². The highest BCUT2D eigenvalue weighted by molar-refractivity contribution is 7.89. The van der Waals surface area contributed by atoms with Crippen LogP contribution < -0.4 is 5.32 Å². The van der Waals surface area contributed by atoms with Crippen molar-refractivity contribution < 1.29 is 13.5 Å². The number of hydrogen-bond acceptors (Lipinski definition) is 4. The Kier molecular flexibility index (Phi) is 5.46. The lowest BCUT2D eigenvalue weighted by Crippen LogP contribution is -2.40. The molecule has 1 unspecified atom stereocenters. The third-order valence-electron chi connectivity index (χ3n) is 1.93. The van der Waals surface area contributed by atoms with Crippen LogP contribution in [0.2, 0.25) is 0 Å². The van der Waals surface area contributed by atoms with Crippen molar-refractivity contribution in [3.8, 4) is 0 Å². The Bertz CT molecular complexity index is 228. The van der Waals surface area contributed by atoms with E-state index in [-0.39, 0.29) is 18.4 Å². The molecule has 0 radical (unpaired) electrons. The molecule has 5 nitrogen and oxygen atoms in total. The fourth-order valence-electron chi connectivity index (χ4n) is 0.764. The largest absolute Gasteiger partial charge is 0.395 e. The van der Waals surface area contributed by atoms with Crippen LogP contribution in [0.25, 0.3) is 0 Å². The van der Waals surface area contributed by atoms with Crippen LogP contribution in [0.4, 0.5) is 0 Å². The third-order valence-corrected chi connectivity index (χ3v) is 3.89. The quantitative estimate of drug-likeness (QED) is 0.581. The summed E-state index contributed by atoms with van der Waals surface area (Å²) in [6.45, 7) is 1.93. The predicted octanol–water partition coefficient (Wildman–Crippen LogP) is -1.15. The molecule has 0 aliphatic carbocycles. The van der Waals surface area contributed by atoms with E-state index in [2.05, 4.69) is 5.32 Å². The fourth-order valence-corrected chi connectivity index (χ4v) is 2.13. The Hall–Kier alpha value is -0.170. The number of sulfonamides is 1. The van der Waals surface area contributed by atoms with Crippen LogP contribution in [0.5, 0.6) is 0 Å². The molecule has 0 aliphatic rings. The van der Waals surface area contributed by atoms with Gasteiger partial charge in [0.2, 0.25) is 10.0 Å². The third kappa shape index (κ3) is 4.04. The molecule has 0 spiro atoms. The van der Waals surface area contributed by atoms with Crippen molar-refractivity contribution in [2.24, 2.45) is 0 Å². The number of likely N-dealkylation sites (N-methyl/N-ethyl adjacent to an activating group) is 1. The van der Waals surface area contributed by atoms with Crippen LogP contribution in [0.1, 0.15) is 6.92 Å². The molecule has 0 aromatic carbocycles. The highest BCUT2D eigenvalue weighted by Crippen LogP contribution is 2.03. The summed E-state index contributed by atoms with van der Waals surface area (Å²) in [4.78, 5) is 0. The first-order valence-corrected chi connectivity index (χ1v) is 5.77. The lowest BCUT2D eigenvalue weighted by atomic mass is 10.4. The molecule has 0 saturated heterocycles. The number of hydrogen-bond donors (Lipinski definition) is 2. The number of nitrogens with one attached hydrogen (secondary N) is 1. The topological polar surface area (TPSA) is 69.6 Å². The van der Waals surface area contributed by atoms with Gasteiger partial charge in [-0.3, -0.25) is 0 Å². The molecular weight excluding hydrogens is 192 g/mol. The summed E-state index contributed by atoms with van der Waals surface area (Å²) < 4.78 is 24.1. The monoisotopic (exact) mass is 210 g/mol. The van der Waals surface area contributed by atoms with E-state index in [4.69, 9.17) is 5.11 Å². The van der Waals surface area contributed by atoms with E-state index in [9.17, 15) is 8.42 Å². The molecule has 0 rings (SSSR count). The molecule has 0 heterocycles. The van der Waals surface area contributed by atoms with Gasteiger partial charge < -0.3 is 10.4 Å². The molecule has 0 saturated carbocycles. The summed E-state index contributed by atoms with van der Waals surface area (Å²) >= 11 is 0. The van der Waals surface area contributed by atoms with Crippen molar-refractivity contribution in [2.75, 3.05) is 33.0 Å². The van der Waals surface area contributed by atoms with Gasteiger partial charge in [0, 0.05) is 19.6 Å². The summed E-state index contributed by atoms with van der Waals surface area (Å²) in [6.07, 6.45) is 0. The van der Waals surface area contributed by atoms with Gasteiger partial charge in [-0.1, -0.05) is 0 Å². The van der Waals surface area contributed by atoms with Crippen LogP contribution in [0, 0.1) is 0 Å². The van der Waals surface area contributed by atoms with Gasteiger partial charge in [0.1, 0.15) is 0 Å². The highest BCUT2D eigenvalue weighted by atomic mass is 32.2. The molecule has 0 aromatic rings. The molecule has 0 fully saturated rings. The van der Waals surface area contributed by atoms with Crippen LogP contribution in [0.3, 0.4) is 0 Å². The molecule has 0 aliphatic heterocycles. The maximum absolute atomic E-state index is 11.5. The molecule has 1 atom stereocenters. The molecule has 0 amide bonds. The van der Waals surface area contributed by atoms with Crippen LogP contribution >= 0.6 is 0 Å². The lowest BCUT2D eigenvalue weighted by molar-refractivity contribution is 0.214. The SMILES string of the molecule is CNCCS(=O)(=O)N(C)C(C)CO. The number of aliphatic hydroxyl groups is 1. The Balaban J connectivity index is 4.28. The molecule has 2 N–H and O–H groups in total. The van der Waals surface area contributed by atoms with Gasteiger partial charge in [-0.2, -0.15) is 4.31 Å². The van der Waals surface area contributed by atoms with E-state index in [1.165, 1.54) is 11.4 Å². The number of nitrogens with zero attached hydrogens (tertiary/aromatic N) is 1. The number of rotatable bonds is 6. The zero-order chi connectivity index (χ0) is 10.5. The molecule has 13 heavy (non-hydrogen) atoms. The van der Waals surface area contributed by atoms with Crippen molar-refractivity contribution >= 4 is 10.0 Å². The van der Waals surface area contributed by atoms with E-state index < -0.39 is 10.0 Å². The zero-order valence-corrected chi connectivity index (χ0v) is 9.13. The minimum Gasteiger partial charge on any atom is -0.395 e. The second-order valence-corrected chi connectivity index (χ2v) is 5.12. The van der Waals surface area contributed by atoms with Crippen LogP contribution in [-0.4, -0.2) is 56.9 Å². The van der Waals surface area contributed by atoms with Crippen molar-refractivity contribution in [1.82, 2.24) is 9.62 Å². The number of aliphatic hydroxyl groups excluding tert-OH is 1. The van der Waals surface area contributed by atoms with Gasteiger partial charge in [-0.25, -0.2) is 8.42 Å². The minimum absolute atomic E-state index is 0.0599. The molecule has 6 heteroatoms. The van der Waals surface area contributed by atoms with E-state index in [1.807, 2.05) is 0 Å². The van der Waals surface area contributed by atoms with Crippen molar-refractivity contribution in [2.45, 2.75) is 13.0 Å². The first-order valence-electron chi connectivity index (χ1n) is 4.17. The maximum atomic E-state index is 11.5. The van der Waals surface area contributed by atoms with Crippen molar-refractivity contribution in [3.05, 3.63) is 0 Å².